The molecule has 1 rings (SSSR count). The van der Waals surface area contributed by atoms with Crippen molar-refractivity contribution in [2.75, 3.05) is 11.2 Å². The van der Waals surface area contributed by atoms with Gasteiger partial charge in [0, 0.05) is 0 Å². The van der Waals surface area contributed by atoms with Crippen LogP contribution in [0.4, 0.5) is 10.1 Å². The topological polar surface area (TPSA) is 77.0 Å². The van der Waals surface area contributed by atoms with Crippen LogP contribution in [-0.4, -0.2) is 4.98 Å². The van der Waals surface area contributed by atoms with Crippen LogP contribution >= 0.6 is 11.3 Å². The first-order chi connectivity index (χ1) is 3.83. The number of anilines is 2. The predicted molar refractivity (Wildman–Crippen MR) is 34.3 cm³/mol. The van der Waals surface area contributed by atoms with E-state index < -0.39 is 0 Å². The van der Waals surface area contributed by atoms with Crippen molar-refractivity contribution in [1.29, 1.82) is 0 Å². The fourth-order valence-corrected chi connectivity index (χ4v) is 0.846. The van der Waals surface area contributed by atoms with E-state index in [0.717, 1.165) is 0 Å². The summed E-state index contributed by atoms with van der Waals surface area (Å²) in [5, 5.41) is 1.31. The normalized spacial score (nSPS) is 9.12. The first-order valence-electron chi connectivity index (χ1n) is 2.01. The standard InChI is InChI=1S/C3H6N4S/c4-2-1-6-3(7-5)8-2/h1H,4-5H2,(H,6,7). The van der Waals surface area contributed by atoms with E-state index in [1.807, 2.05) is 0 Å². The lowest BCUT2D eigenvalue weighted by Crippen LogP contribution is -2.05. The monoisotopic (exact) mass is 130 g/mol. The number of hydrogen-bond donors (Lipinski definition) is 3. The van der Waals surface area contributed by atoms with E-state index in [4.69, 9.17) is 11.6 Å². The molecular formula is C3H6N4S. The maximum atomic E-state index is 5.31. The molecular weight excluding hydrogens is 124 g/mol. The smallest absolute Gasteiger partial charge is 0.198 e. The number of nitrogen functional groups attached to an aromatic ring is 2. The van der Waals surface area contributed by atoms with E-state index in [-0.39, 0.29) is 0 Å². The summed E-state index contributed by atoms with van der Waals surface area (Å²) in [6.07, 6.45) is 1.56. The molecule has 0 atom stereocenters. The zero-order valence-electron chi connectivity index (χ0n) is 4.09. The molecule has 8 heavy (non-hydrogen) atoms. The molecule has 0 fully saturated rings. The van der Waals surface area contributed by atoms with Gasteiger partial charge in [0.15, 0.2) is 5.13 Å². The highest BCUT2D eigenvalue weighted by Gasteiger charge is 1.91. The van der Waals surface area contributed by atoms with Crippen LogP contribution < -0.4 is 17.0 Å². The molecule has 0 unspecified atom stereocenters. The summed E-state index contributed by atoms with van der Waals surface area (Å²) in [5.74, 6) is 5.01. The van der Waals surface area contributed by atoms with Gasteiger partial charge in [-0.3, -0.25) is 5.43 Å². The fourth-order valence-electron chi connectivity index (χ4n) is 0.353. The second kappa shape index (κ2) is 1.97. The second-order valence-corrected chi connectivity index (χ2v) is 2.27. The molecule has 1 aromatic rings. The summed E-state index contributed by atoms with van der Waals surface area (Å²) in [6.45, 7) is 0. The molecule has 1 aromatic heterocycles. The zero-order valence-corrected chi connectivity index (χ0v) is 4.90. The SMILES string of the molecule is NNc1ncc(N)s1. The average Bonchev–Trinajstić information content (AvgIpc) is 2.14. The molecule has 0 radical (unpaired) electrons. The quantitative estimate of drug-likeness (QED) is 0.369. The molecule has 0 aliphatic rings. The average molecular weight is 130 g/mol. The van der Waals surface area contributed by atoms with Crippen molar-refractivity contribution < 1.29 is 0 Å². The summed E-state index contributed by atoms with van der Waals surface area (Å²) in [4.78, 5) is 3.79. The molecule has 0 amide bonds. The number of aromatic nitrogens is 1. The predicted octanol–water partition coefficient (Wildman–Crippen LogP) is 0.0109. The van der Waals surface area contributed by atoms with Crippen molar-refractivity contribution in [1.82, 2.24) is 4.98 Å². The Morgan fingerprint density at radius 1 is 1.75 bits per heavy atom. The Labute approximate surface area is 50.5 Å². The molecule has 0 aliphatic heterocycles. The minimum Gasteiger partial charge on any atom is -0.389 e. The summed E-state index contributed by atoms with van der Waals surface area (Å²) in [7, 11) is 0. The van der Waals surface area contributed by atoms with Crippen molar-refractivity contribution in [2.45, 2.75) is 0 Å². The summed E-state index contributed by atoms with van der Waals surface area (Å²) in [6, 6.07) is 0. The van der Waals surface area contributed by atoms with Crippen LogP contribution in [0.15, 0.2) is 6.20 Å². The lowest BCUT2D eigenvalue weighted by atomic mass is 10.9. The van der Waals surface area contributed by atoms with Crippen LogP contribution in [0, 0.1) is 0 Å². The minimum atomic E-state index is 0.641. The largest absolute Gasteiger partial charge is 0.389 e. The van der Waals surface area contributed by atoms with Gasteiger partial charge < -0.3 is 5.73 Å². The molecule has 4 nitrogen and oxygen atoms in total. The number of hydrazine groups is 1. The molecule has 1 heterocycles. The molecule has 0 saturated heterocycles. The van der Waals surface area contributed by atoms with Gasteiger partial charge in [0.1, 0.15) is 5.00 Å². The first-order valence-corrected chi connectivity index (χ1v) is 2.82. The van der Waals surface area contributed by atoms with Gasteiger partial charge in [-0.05, 0) is 0 Å². The highest BCUT2D eigenvalue weighted by atomic mass is 32.1. The van der Waals surface area contributed by atoms with Gasteiger partial charge in [-0.15, -0.1) is 0 Å². The zero-order chi connectivity index (χ0) is 5.98. The Morgan fingerprint density at radius 3 is 2.75 bits per heavy atom. The van der Waals surface area contributed by atoms with Crippen molar-refractivity contribution in [3.05, 3.63) is 6.20 Å². The number of nitrogens with zero attached hydrogens (tertiary/aromatic N) is 1. The van der Waals surface area contributed by atoms with E-state index >= 15 is 0 Å². The Bertz CT molecular complexity index is 172. The van der Waals surface area contributed by atoms with Gasteiger partial charge in [0.2, 0.25) is 0 Å². The third kappa shape index (κ3) is 0.877. The number of rotatable bonds is 1. The Morgan fingerprint density at radius 2 is 2.50 bits per heavy atom. The van der Waals surface area contributed by atoms with Crippen LogP contribution in [0.1, 0.15) is 0 Å². The Hall–Kier alpha value is -0.810. The summed E-state index contributed by atoms with van der Waals surface area (Å²) < 4.78 is 0. The summed E-state index contributed by atoms with van der Waals surface area (Å²) >= 11 is 1.32. The molecule has 5 heteroatoms. The second-order valence-electron chi connectivity index (χ2n) is 1.21. The van der Waals surface area contributed by atoms with Crippen molar-refractivity contribution in [3.63, 3.8) is 0 Å². The van der Waals surface area contributed by atoms with E-state index in [1.54, 1.807) is 6.20 Å². The lowest BCUT2D eigenvalue weighted by molar-refractivity contribution is 1.29. The van der Waals surface area contributed by atoms with Crippen LogP contribution in [-0.2, 0) is 0 Å². The molecule has 0 spiro atoms. The maximum Gasteiger partial charge on any atom is 0.198 e. The van der Waals surface area contributed by atoms with Gasteiger partial charge in [-0.25, -0.2) is 10.8 Å². The molecule has 44 valence electrons. The van der Waals surface area contributed by atoms with E-state index in [1.165, 1.54) is 11.3 Å². The number of hydrogen-bond acceptors (Lipinski definition) is 5. The van der Waals surface area contributed by atoms with E-state index in [2.05, 4.69) is 10.4 Å². The van der Waals surface area contributed by atoms with Gasteiger partial charge in [0.05, 0.1) is 6.20 Å². The molecule has 0 aliphatic carbocycles. The summed E-state index contributed by atoms with van der Waals surface area (Å²) in [5.41, 5.74) is 7.69. The van der Waals surface area contributed by atoms with Crippen LogP contribution in [0.5, 0.6) is 0 Å². The third-order valence-corrected chi connectivity index (χ3v) is 1.40. The van der Waals surface area contributed by atoms with Gasteiger partial charge in [0.25, 0.3) is 0 Å². The first kappa shape index (κ1) is 5.33. The molecule has 0 saturated carbocycles. The van der Waals surface area contributed by atoms with Crippen LogP contribution in [0.2, 0.25) is 0 Å². The van der Waals surface area contributed by atoms with E-state index in [0.29, 0.717) is 10.1 Å². The highest BCUT2D eigenvalue weighted by Crippen LogP contribution is 2.17. The highest BCUT2D eigenvalue weighted by molar-refractivity contribution is 7.19. The van der Waals surface area contributed by atoms with Crippen LogP contribution in [0.3, 0.4) is 0 Å². The minimum absolute atomic E-state index is 0.641. The van der Waals surface area contributed by atoms with Gasteiger partial charge >= 0.3 is 0 Å². The lowest BCUT2D eigenvalue weighted by Gasteiger charge is -1.84. The maximum absolute atomic E-state index is 5.31. The molecule has 0 aromatic carbocycles. The van der Waals surface area contributed by atoms with Gasteiger partial charge in [-0.2, -0.15) is 0 Å². The number of thiazole rings is 1. The Kier molecular flexibility index (Phi) is 1.32. The van der Waals surface area contributed by atoms with Crippen molar-refractivity contribution >= 4 is 21.5 Å². The van der Waals surface area contributed by atoms with Crippen molar-refractivity contribution in [3.8, 4) is 0 Å². The molecule has 5 N–H and O–H groups in total. The molecule has 0 bridgehead atoms. The van der Waals surface area contributed by atoms with Crippen LogP contribution in [0.25, 0.3) is 0 Å². The fraction of sp³-hybridized carbons (Fsp3) is 0. The number of nitrogens with two attached hydrogens (primary N) is 2. The number of nitrogens with one attached hydrogen (secondary N) is 1. The third-order valence-electron chi connectivity index (χ3n) is 0.647. The Balaban J connectivity index is 2.84. The van der Waals surface area contributed by atoms with Gasteiger partial charge in [-0.1, -0.05) is 11.3 Å². The van der Waals surface area contributed by atoms with E-state index in [9.17, 15) is 0 Å². The van der Waals surface area contributed by atoms with Crippen molar-refractivity contribution in [2.24, 2.45) is 5.84 Å².